The van der Waals surface area contributed by atoms with Crippen molar-refractivity contribution in [3.63, 3.8) is 0 Å². The van der Waals surface area contributed by atoms with Crippen LogP contribution in [0.5, 0.6) is 0 Å². The summed E-state index contributed by atoms with van der Waals surface area (Å²) >= 11 is 0. The number of rotatable bonds is 4. The van der Waals surface area contributed by atoms with Gasteiger partial charge in [0.15, 0.2) is 0 Å². The number of carbonyl (C=O) groups excluding carboxylic acids is 1. The van der Waals surface area contributed by atoms with Crippen LogP contribution in [0.15, 0.2) is 36.4 Å². The first-order chi connectivity index (χ1) is 7.91. The molecule has 4 heteroatoms. The first-order valence-electron chi connectivity index (χ1n) is 5.11. The molecule has 0 aromatic heterocycles. The summed E-state index contributed by atoms with van der Waals surface area (Å²) in [5, 5.41) is 8.74. The van der Waals surface area contributed by atoms with Crippen LogP contribution in [0.4, 0.5) is 0 Å². The van der Waals surface area contributed by atoms with Crippen molar-refractivity contribution in [1.82, 2.24) is 0 Å². The lowest BCUT2D eigenvalue weighted by Crippen LogP contribution is -2.09. The van der Waals surface area contributed by atoms with Crippen molar-refractivity contribution in [2.75, 3.05) is 0 Å². The Kier molecular flexibility index (Phi) is 4.04. The van der Waals surface area contributed by atoms with E-state index in [0.29, 0.717) is 5.57 Å². The maximum absolute atomic E-state index is 11.3. The highest BCUT2D eigenvalue weighted by atomic mass is 16.5. The average molecular weight is 234 g/mol. The van der Waals surface area contributed by atoms with Crippen molar-refractivity contribution >= 4 is 11.9 Å². The molecule has 0 spiro atoms. The molecule has 0 heterocycles. The fraction of sp³-hybridized carbons (Fsp3) is 0.231. The van der Waals surface area contributed by atoms with Crippen LogP contribution in [-0.2, 0) is 9.53 Å². The molecule has 90 valence electrons. The van der Waals surface area contributed by atoms with E-state index in [1.165, 1.54) is 12.1 Å². The Labute approximate surface area is 99.5 Å². The van der Waals surface area contributed by atoms with Crippen LogP contribution in [0.3, 0.4) is 0 Å². The molecule has 0 aliphatic heterocycles. The number of benzene rings is 1. The average Bonchev–Trinajstić information content (AvgIpc) is 2.28. The van der Waals surface area contributed by atoms with Gasteiger partial charge in [0.25, 0.3) is 0 Å². The number of hydrogen-bond acceptors (Lipinski definition) is 3. The molecule has 1 aromatic rings. The molecule has 17 heavy (non-hydrogen) atoms. The van der Waals surface area contributed by atoms with Crippen molar-refractivity contribution in [2.24, 2.45) is 0 Å². The molecular formula is C13H14O4. The Bertz CT molecular complexity index is 445. The van der Waals surface area contributed by atoms with Gasteiger partial charge in [-0.25, -0.2) is 9.59 Å². The van der Waals surface area contributed by atoms with Gasteiger partial charge in [-0.1, -0.05) is 18.7 Å². The van der Waals surface area contributed by atoms with Crippen LogP contribution in [0.1, 0.15) is 35.9 Å². The number of ether oxygens (including phenoxy) is 1. The number of carbonyl (C=O) groups is 2. The minimum atomic E-state index is -0.983. The van der Waals surface area contributed by atoms with Crippen LogP contribution in [0, 0.1) is 0 Å². The molecule has 1 rings (SSSR count). The van der Waals surface area contributed by atoms with Crippen molar-refractivity contribution in [2.45, 2.75) is 20.0 Å². The second-order valence-electron chi connectivity index (χ2n) is 3.76. The minimum Gasteiger partial charge on any atom is -0.478 e. The molecule has 0 amide bonds. The summed E-state index contributed by atoms with van der Waals surface area (Å²) in [6.07, 6.45) is -0.429. The van der Waals surface area contributed by atoms with Crippen LogP contribution < -0.4 is 0 Å². The molecule has 0 radical (unpaired) electrons. The molecule has 0 bridgehead atoms. The van der Waals surface area contributed by atoms with Gasteiger partial charge in [-0.3, -0.25) is 0 Å². The van der Waals surface area contributed by atoms with Gasteiger partial charge < -0.3 is 9.84 Å². The lowest BCUT2D eigenvalue weighted by atomic mass is 10.1. The maximum Gasteiger partial charge on any atom is 0.335 e. The monoisotopic (exact) mass is 234 g/mol. The van der Waals surface area contributed by atoms with Crippen molar-refractivity contribution in [1.29, 1.82) is 0 Å². The summed E-state index contributed by atoms with van der Waals surface area (Å²) < 4.78 is 5.11. The lowest BCUT2D eigenvalue weighted by Gasteiger charge is -2.13. The normalized spacial score (nSPS) is 11.6. The standard InChI is InChI=1S/C13H14O4/c1-8(2)13(16)17-9(3)10-4-6-11(7-5-10)12(14)15/h4-7,9H,1H2,2-3H3,(H,14,15). The summed E-state index contributed by atoms with van der Waals surface area (Å²) in [5.41, 5.74) is 1.27. The van der Waals surface area contributed by atoms with E-state index >= 15 is 0 Å². The van der Waals surface area contributed by atoms with E-state index in [2.05, 4.69) is 6.58 Å². The second-order valence-corrected chi connectivity index (χ2v) is 3.76. The first-order valence-corrected chi connectivity index (χ1v) is 5.11. The number of aromatic carboxylic acids is 1. The molecular weight excluding hydrogens is 220 g/mol. The number of carboxylic acid groups (broad SMARTS) is 1. The Morgan fingerprint density at radius 2 is 1.82 bits per heavy atom. The third-order valence-corrected chi connectivity index (χ3v) is 2.26. The Balaban J connectivity index is 2.76. The third kappa shape index (κ3) is 3.45. The van der Waals surface area contributed by atoms with E-state index in [9.17, 15) is 9.59 Å². The molecule has 0 aliphatic carbocycles. The van der Waals surface area contributed by atoms with Gasteiger partial charge >= 0.3 is 11.9 Å². The summed E-state index contributed by atoms with van der Waals surface area (Å²) in [7, 11) is 0. The maximum atomic E-state index is 11.3. The molecule has 4 nitrogen and oxygen atoms in total. The summed E-state index contributed by atoms with van der Waals surface area (Å²) in [5.74, 6) is -1.44. The van der Waals surface area contributed by atoms with E-state index in [0.717, 1.165) is 5.56 Å². The summed E-state index contributed by atoms with van der Waals surface area (Å²) in [6.45, 7) is 6.78. The molecule has 0 aliphatic rings. The molecule has 0 fully saturated rings. The summed E-state index contributed by atoms with van der Waals surface area (Å²) in [6, 6.07) is 6.20. The Morgan fingerprint density at radius 1 is 1.29 bits per heavy atom. The Hall–Kier alpha value is -2.10. The largest absolute Gasteiger partial charge is 0.478 e. The van der Waals surface area contributed by atoms with Gasteiger partial charge in [-0.2, -0.15) is 0 Å². The summed E-state index contributed by atoms with van der Waals surface area (Å²) in [4.78, 5) is 21.9. The van der Waals surface area contributed by atoms with E-state index < -0.39 is 18.0 Å². The van der Waals surface area contributed by atoms with Gasteiger partial charge in [-0.15, -0.1) is 0 Å². The molecule has 1 N–H and O–H groups in total. The highest BCUT2D eigenvalue weighted by Crippen LogP contribution is 2.18. The fourth-order valence-corrected chi connectivity index (χ4v) is 1.23. The first kappa shape index (κ1) is 13.0. The van der Waals surface area contributed by atoms with Crippen molar-refractivity contribution in [3.8, 4) is 0 Å². The highest BCUT2D eigenvalue weighted by Gasteiger charge is 2.12. The molecule has 1 aromatic carbocycles. The number of esters is 1. The van der Waals surface area contributed by atoms with Crippen molar-refractivity contribution in [3.05, 3.63) is 47.5 Å². The van der Waals surface area contributed by atoms with Gasteiger partial charge in [0.2, 0.25) is 0 Å². The second kappa shape index (κ2) is 5.30. The van der Waals surface area contributed by atoms with E-state index in [4.69, 9.17) is 9.84 Å². The quantitative estimate of drug-likeness (QED) is 0.642. The van der Waals surface area contributed by atoms with Gasteiger partial charge in [0, 0.05) is 5.57 Å². The molecule has 1 unspecified atom stereocenters. The van der Waals surface area contributed by atoms with Gasteiger partial charge in [0.1, 0.15) is 6.10 Å². The fourth-order valence-electron chi connectivity index (χ4n) is 1.23. The van der Waals surface area contributed by atoms with Crippen LogP contribution >= 0.6 is 0 Å². The van der Waals surface area contributed by atoms with Crippen LogP contribution in [0.25, 0.3) is 0 Å². The zero-order valence-electron chi connectivity index (χ0n) is 9.77. The zero-order chi connectivity index (χ0) is 13.0. The Morgan fingerprint density at radius 3 is 2.24 bits per heavy atom. The van der Waals surface area contributed by atoms with Crippen LogP contribution in [-0.4, -0.2) is 17.0 Å². The van der Waals surface area contributed by atoms with Crippen LogP contribution in [0.2, 0.25) is 0 Å². The zero-order valence-corrected chi connectivity index (χ0v) is 9.77. The third-order valence-electron chi connectivity index (χ3n) is 2.26. The smallest absolute Gasteiger partial charge is 0.335 e. The van der Waals surface area contributed by atoms with E-state index in [-0.39, 0.29) is 5.56 Å². The van der Waals surface area contributed by atoms with Crippen molar-refractivity contribution < 1.29 is 19.4 Å². The molecule has 0 saturated carbocycles. The lowest BCUT2D eigenvalue weighted by molar-refractivity contribution is -0.143. The van der Waals surface area contributed by atoms with E-state index in [1.807, 2.05) is 0 Å². The minimum absolute atomic E-state index is 0.201. The van der Waals surface area contributed by atoms with Gasteiger partial charge in [-0.05, 0) is 31.5 Å². The molecule has 1 atom stereocenters. The number of carboxylic acids is 1. The topological polar surface area (TPSA) is 63.6 Å². The SMILES string of the molecule is C=C(C)C(=O)OC(C)c1ccc(C(=O)O)cc1. The molecule has 0 saturated heterocycles. The highest BCUT2D eigenvalue weighted by molar-refractivity contribution is 5.88. The predicted molar refractivity (Wildman–Crippen MR) is 62.7 cm³/mol. The van der Waals surface area contributed by atoms with E-state index in [1.54, 1.807) is 26.0 Å². The van der Waals surface area contributed by atoms with Gasteiger partial charge in [0.05, 0.1) is 5.56 Å². The number of hydrogen-bond donors (Lipinski definition) is 1. The predicted octanol–water partition coefficient (Wildman–Crippen LogP) is 2.57.